The highest BCUT2D eigenvalue weighted by atomic mass is 32.2. The van der Waals surface area contributed by atoms with E-state index in [1.54, 1.807) is 30.3 Å². The highest BCUT2D eigenvalue weighted by Crippen LogP contribution is 2.16. The molecule has 0 aliphatic heterocycles. The van der Waals surface area contributed by atoms with Crippen molar-refractivity contribution in [1.29, 1.82) is 0 Å². The van der Waals surface area contributed by atoms with Gasteiger partial charge in [-0.15, -0.1) is 0 Å². The first-order chi connectivity index (χ1) is 10.00. The van der Waals surface area contributed by atoms with Crippen LogP contribution in [0.15, 0.2) is 54.6 Å². The Morgan fingerprint density at radius 3 is 2.19 bits per heavy atom. The molecule has 2 aromatic carbocycles. The lowest BCUT2D eigenvalue weighted by Crippen LogP contribution is -2.29. The van der Waals surface area contributed by atoms with Crippen LogP contribution in [0.1, 0.15) is 5.56 Å². The van der Waals surface area contributed by atoms with Crippen molar-refractivity contribution in [3.63, 3.8) is 0 Å². The predicted octanol–water partition coefficient (Wildman–Crippen LogP) is 2.36. The Hall–Kier alpha value is -2.21. The highest BCUT2D eigenvalue weighted by Gasteiger charge is 2.17. The van der Waals surface area contributed by atoms with E-state index < -0.39 is 21.5 Å². The van der Waals surface area contributed by atoms with Crippen molar-refractivity contribution < 1.29 is 17.6 Å². The van der Waals surface area contributed by atoms with Crippen molar-refractivity contribution in [2.75, 3.05) is 10.8 Å². The van der Waals surface area contributed by atoms with Crippen LogP contribution >= 0.6 is 0 Å². The van der Waals surface area contributed by atoms with Crippen LogP contribution in [0.4, 0.5) is 10.1 Å². The van der Waals surface area contributed by atoms with E-state index in [1.165, 1.54) is 24.3 Å². The summed E-state index contributed by atoms with van der Waals surface area (Å²) in [4.78, 5) is 12.1. The second kappa shape index (κ2) is 6.49. The molecule has 0 bridgehead atoms. The Morgan fingerprint density at radius 1 is 1.00 bits per heavy atom. The highest BCUT2D eigenvalue weighted by molar-refractivity contribution is 7.90. The summed E-state index contributed by atoms with van der Waals surface area (Å²) >= 11 is 0. The number of anilines is 1. The van der Waals surface area contributed by atoms with E-state index in [2.05, 4.69) is 0 Å². The number of nitrogens with zero attached hydrogens (tertiary/aromatic N) is 1. The molecule has 0 atom stereocenters. The van der Waals surface area contributed by atoms with Crippen LogP contribution in [0.5, 0.6) is 0 Å². The van der Waals surface area contributed by atoms with Gasteiger partial charge in [0.25, 0.3) is 0 Å². The minimum Gasteiger partial charge on any atom is -0.300 e. The summed E-state index contributed by atoms with van der Waals surface area (Å²) in [6.07, 6.45) is 0.426. The molecule has 0 saturated carbocycles. The zero-order valence-corrected chi connectivity index (χ0v) is 12.0. The first-order valence-corrected chi connectivity index (χ1v) is 8.04. The van der Waals surface area contributed by atoms with Gasteiger partial charge >= 0.3 is 0 Å². The number of sulfone groups is 1. The van der Waals surface area contributed by atoms with E-state index in [1.807, 2.05) is 0 Å². The Morgan fingerprint density at radius 2 is 1.62 bits per heavy atom. The topological polar surface area (TPSA) is 54.5 Å². The van der Waals surface area contributed by atoms with Crippen LogP contribution in [0.2, 0.25) is 0 Å². The van der Waals surface area contributed by atoms with Crippen LogP contribution in [0.3, 0.4) is 0 Å². The minimum absolute atomic E-state index is 0.153. The molecule has 0 aliphatic rings. The van der Waals surface area contributed by atoms with Crippen LogP contribution in [-0.2, 0) is 20.4 Å². The van der Waals surface area contributed by atoms with Gasteiger partial charge in [-0.25, -0.2) is 12.8 Å². The summed E-state index contributed by atoms with van der Waals surface area (Å²) in [6, 6.07) is 13.8. The first-order valence-electron chi connectivity index (χ1n) is 6.22. The number of hydrogen-bond acceptors (Lipinski definition) is 3. The Balaban J connectivity index is 2.14. The SMILES string of the molecule is O=CN(CS(=O)(=O)Cc1ccccc1)c1ccc(F)cc1. The van der Waals surface area contributed by atoms with Crippen LogP contribution in [0.25, 0.3) is 0 Å². The molecular weight excluding hydrogens is 293 g/mol. The lowest BCUT2D eigenvalue weighted by Gasteiger charge is -2.17. The molecule has 0 unspecified atom stereocenters. The Bertz CT molecular complexity index is 699. The van der Waals surface area contributed by atoms with Crippen LogP contribution in [0, 0.1) is 5.82 Å². The largest absolute Gasteiger partial charge is 0.300 e. The molecule has 0 aliphatic carbocycles. The molecule has 0 spiro atoms. The minimum atomic E-state index is -3.50. The fourth-order valence-electron chi connectivity index (χ4n) is 1.88. The van der Waals surface area contributed by atoms with Crippen molar-refractivity contribution in [3.8, 4) is 0 Å². The van der Waals surface area contributed by atoms with Crippen molar-refractivity contribution >= 4 is 21.9 Å². The summed E-state index contributed by atoms with van der Waals surface area (Å²) in [5.41, 5.74) is 0.991. The molecule has 1 amide bonds. The van der Waals surface area contributed by atoms with Crippen molar-refractivity contribution in [2.24, 2.45) is 0 Å². The summed E-state index contributed by atoms with van der Waals surface area (Å²) in [5.74, 6) is -1.05. The van der Waals surface area contributed by atoms with Crippen LogP contribution in [-0.4, -0.2) is 20.7 Å². The Kier molecular flexibility index (Phi) is 4.70. The second-order valence-corrected chi connectivity index (χ2v) is 6.59. The number of benzene rings is 2. The van der Waals surface area contributed by atoms with Crippen molar-refractivity contribution in [3.05, 3.63) is 66.0 Å². The third-order valence-corrected chi connectivity index (χ3v) is 4.30. The predicted molar refractivity (Wildman–Crippen MR) is 78.9 cm³/mol. The molecule has 0 saturated heterocycles. The summed E-state index contributed by atoms with van der Waals surface area (Å²) in [6.45, 7) is 0. The maximum atomic E-state index is 12.9. The number of carbonyl (C=O) groups excluding carboxylic acids is 1. The molecule has 21 heavy (non-hydrogen) atoms. The van der Waals surface area contributed by atoms with E-state index >= 15 is 0 Å². The van der Waals surface area contributed by atoms with Crippen LogP contribution < -0.4 is 4.90 Å². The summed E-state index contributed by atoms with van der Waals surface area (Å²) in [5, 5.41) is 0. The second-order valence-electron chi connectivity index (χ2n) is 4.55. The third-order valence-electron chi connectivity index (χ3n) is 2.85. The summed E-state index contributed by atoms with van der Waals surface area (Å²) < 4.78 is 37.1. The smallest absolute Gasteiger partial charge is 0.215 e. The molecule has 0 aromatic heterocycles. The lowest BCUT2D eigenvalue weighted by molar-refractivity contribution is -0.107. The number of rotatable bonds is 6. The van der Waals surface area contributed by atoms with Gasteiger partial charge in [0.2, 0.25) is 6.41 Å². The molecular formula is C15H14FNO3S. The molecule has 4 nitrogen and oxygen atoms in total. The maximum absolute atomic E-state index is 12.9. The van der Waals surface area contributed by atoms with Gasteiger partial charge in [0.05, 0.1) is 5.75 Å². The zero-order valence-electron chi connectivity index (χ0n) is 11.1. The number of amides is 1. The van der Waals surface area contributed by atoms with Gasteiger partial charge < -0.3 is 4.90 Å². The van der Waals surface area contributed by atoms with Gasteiger partial charge in [0.1, 0.15) is 11.7 Å². The number of halogens is 1. The van der Waals surface area contributed by atoms with Gasteiger partial charge in [-0.1, -0.05) is 30.3 Å². The van der Waals surface area contributed by atoms with Gasteiger partial charge in [-0.05, 0) is 29.8 Å². The normalized spacial score (nSPS) is 11.1. The fourth-order valence-corrected chi connectivity index (χ4v) is 3.31. The van der Waals surface area contributed by atoms with Gasteiger partial charge in [0, 0.05) is 5.69 Å². The summed E-state index contributed by atoms with van der Waals surface area (Å²) in [7, 11) is -3.50. The molecule has 6 heteroatoms. The number of hydrogen-bond donors (Lipinski definition) is 0. The van der Waals surface area contributed by atoms with E-state index in [9.17, 15) is 17.6 Å². The maximum Gasteiger partial charge on any atom is 0.215 e. The standard InChI is InChI=1S/C15H14FNO3S/c16-14-6-8-15(9-7-14)17(11-18)12-21(19,20)10-13-4-2-1-3-5-13/h1-9,11H,10,12H2. The van der Waals surface area contributed by atoms with Gasteiger partial charge in [-0.2, -0.15) is 0 Å². The van der Waals surface area contributed by atoms with E-state index in [4.69, 9.17) is 0 Å². The van der Waals surface area contributed by atoms with Gasteiger partial charge in [0.15, 0.2) is 9.84 Å². The lowest BCUT2D eigenvalue weighted by atomic mass is 10.2. The van der Waals surface area contributed by atoms with E-state index in [-0.39, 0.29) is 5.75 Å². The third kappa shape index (κ3) is 4.39. The first kappa shape index (κ1) is 15.2. The average molecular weight is 307 g/mol. The molecule has 110 valence electrons. The van der Waals surface area contributed by atoms with Gasteiger partial charge in [-0.3, -0.25) is 4.79 Å². The molecule has 0 N–H and O–H groups in total. The molecule has 0 radical (unpaired) electrons. The van der Waals surface area contributed by atoms with Crippen molar-refractivity contribution in [1.82, 2.24) is 0 Å². The molecule has 0 heterocycles. The molecule has 2 aromatic rings. The van der Waals surface area contributed by atoms with E-state index in [0.29, 0.717) is 17.7 Å². The average Bonchev–Trinajstić information content (AvgIpc) is 2.46. The molecule has 0 fully saturated rings. The monoisotopic (exact) mass is 307 g/mol. The molecule has 2 rings (SSSR count). The zero-order chi connectivity index (χ0) is 15.3. The van der Waals surface area contributed by atoms with E-state index in [0.717, 1.165) is 4.90 Å². The number of carbonyl (C=O) groups is 1. The Labute approximate surface area is 122 Å². The fraction of sp³-hybridized carbons (Fsp3) is 0.133. The van der Waals surface area contributed by atoms with Crippen molar-refractivity contribution in [2.45, 2.75) is 5.75 Å². The quantitative estimate of drug-likeness (QED) is 0.770.